The Labute approximate surface area is 194 Å². The molecule has 0 spiro atoms. The number of nitrogens with one attached hydrogen (secondary N) is 2. The Hall–Kier alpha value is -4.48. The number of hydrogen-bond donors (Lipinski definition) is 6. The second-order valence-electron chi connectivity index (χ2n) is 7.69. The van der Waals surface area contributed by atoms with Crippen LogP contribution in [0.1, 0.15) is 40.0 Å². The number of carboxylic acid groups (broad SMARTS) is 2. The fourth-order valence-corrected chi connectivity index (χ4v) is 3.53. The zero-order valence-corrected chi connectivity index (χ0v) is 18.6. The van der Waals surface area contributed by atoms with Gasteiger partial charge in [-0.25, -0.2) is 9.78 Å². The Bertz CT molecular complexity index is 1260. The van der Waals surface area contributed by atoms with E-state index in [1.165, 1.54) is 0 Å². The molecule has 12 heteroatoms. The van der Waals surface area contributed by atoms with Crippen LogP contribution in [0.4, 0.5) is 17.5 Å². The van der Waals surface area contributed by atoms with E-state index in [-0.39, 0.29) is 30.2 Å². The highest BCUT2D eigenvalue weighted by Gasteiger charge is 2.21. The van der Waals surface area contributed by atoms with E-state index < -0.39 is 23.9 Å². The van der Waals surface area contributed by atoms with Crippen molar-refractivity contribution in [2.24, 2.45) is 0 Å². The van der Waals surface area contributed by atoms with Crippen LogP contribution in [-0.4, -0.2) is 49.1 Å². The average molecular weight is 467 g/mol. The van der Waals surface area contributed by atoms with Gasteiger partial charge < -0.3 is 32.3 Å². The van der Waals surface area contributed by atoms with Gasteiger partial charge in [-0.2, -0.15) is 9.97 Å². The van der Waals surface area contributed by atoms with E-state index in [0.29, 0.717) is 17.6 Å². The second-order valence-corrected chi connectivity index (χ2v) is 7.69. The molecule has 8 N–H and O–H groups in total. The Morgan fingerprint density at radius 2 is 1.71 bits per heavy atom. The molecule has 1 aromatic carbocycles. The number of hydrogen-bond acceptors (Lipinski definition) is 9. The molecule has 2 aromatic heterocycles. The Kier molecular flexibility index (Phi) is 7.09. The van der Waals surface area contributed by atoms with Crippen LogP contribution in [0.15, 0.2) is 24.3 Å². The Morgan fingerprint density at radius 1 is 1.03 bits per heavy atom. The number of benzene rings is 1. The first-order valence-corrected chi connectivity index (χ1v) is 10.3. The standard InChI is InChI=1S/C22H25N7O5/c1-10-14(11(2)26-19-17(10)18(23)28-22(24)29-19)9-25-13-5-3-12(4-6-13)20(32)27-15(21(33)34)7-8-16(30)31/h3-6,15,25H,7-9H2,1-2H3,(H,27,32)(H,30,31)(H,33,34)(H4,23,24,26,28,29). The van der Waals surface area contributed by atoms with Crippen LogP contribution in [0, 0.1) is 13.8 Å². The smallest absolute Gasteiger partial charge is 0.326 e. The molecule has 1 unspecified atom stereocenters. The molecule has 0 saturated carbocycles. The Morgan fingerprint density at radius 3 is 2.32 bits per heavy atom. The van der Waals surface area contributed by atoms with Gasteiger partial charge >= 0.3 is 11.9 Å². The number of carboxylic acids is 2. The van der Waals surface area contributed by atoms with Gasteiger partial charge in [-0.05, 0) is 55.7 Å². The van der Waals surface area contributed by atoms with Crippen molar-refractivity contribution in [2.75, 3.05) is 16.8 Å². The summed E-state index contributed by atoms with van der Waals surface area (Å²) in [5.41, 5.74) is 15.6. The first kappa shape index (κ1) is 24.2. The summed E-state index contributed by atoms with van der Waals surface area (Å²) in [7, 11) is 0. The molecule has 3 rings (SSSR count). The number of pyridine rings is 1. The van der Waals surface area contributed by atoms with E-state index in [0.717, 1.165) is 22.5 Å². The van der Waals surface area contributed by atoms with Crippen molar-refractivity contribution in [2.45, 2.75) is 39.3 Å². The molecule has 1 amide bonds. The molecule has 3 aromatic rings. The third-order valence-electron chi connectivity index (χ3n) is 5.34. The fraction of sp³-hybridized carbons (Fsp3) is 0.273. The molecule has 12 nitrogen and oxygen atoms in total. The number of carbonyl (C=O) groups is 3. The van der Waals surface area contributed by atoms with Gasteiger partial charge in [-0.1, -0.05) is 0 Å². The number of rotatable bonds is 9. The van der Waals surface area contributed by atoms with Crippen LogP contribution in [0.5, 0.6) is 0 Å². The van der Waals surface area contributed by atoms with Gasteiger partial charge in [0.1, 0.15) is 11.9 Å². The molecule has 0 saturated heterocycles. The van der Waals surface area contributed by atoms with E-state index in [4.69, 9.17) is 16.6 Å². The van der Waals surface area contributed by atoms with Gasteiger partial charge in [-0.3, -0.25) is 9.59 Å². The van der Waals surface area contributed by atoms with E-state index >= 15 is 0 Å². The molecule has 0 aliphatic rings. The molecular weight excluding hydrogens is 442 g/mol. The zero-order valence-electron chi connectivity index (χ0n) is 18.6. The quantitative estimate of drug-likeness (QED) is 0.265. The molecule has 0 aliphatic carbocycles. The lowest BCUT2D eigenvalue weighted by molar-refractivity contribution is -0.140. The number of aliphatic carboxylic acids is 2. The van der Waals surface area contributed by atoms with Crippen molar-refractivity contribution >= 4 is 46.3 Å². The maximum Gasteiger partial charge on any atom is 0.326 e. The lowest BCUT2D eigenvalue weighted by atomic mass is 10.0. The molecule has 34 heavy (non-hydrogen) atoms. The van der Waals surface area contributed by atoms with Crippen molar-refractivity contribution in [3.05, 3.63) is 46.6 Å². The maximum absolute atomic E-state index is 12.4. The van der Waals surface area contributed by atoms with Crippen molar-refractivity contribution < 1.29 is 24.6 Å². The number of fused-ring (bicyclic) bond motifs is 1. The molecule has 0 bridgehead atoms. The number of nitrogens with zero attached hydrogens (tertiary/aromatic N) is 3. The summed E-state index contributed by atoms with van der Waals surface area (Å²) in [5, 5.41) is 24.2. The number of nitrogen functional groups attached to an aromatic ring is 2. The van der Waals surface area contributed by atoms with Crippen molar-refractivity contribution in [1.82, 2.24) is 20.3 Å². The molecule has 0 radical (unpaired) electrons. The first-order chi connectivity index (χ1) is 16.1. The van der Waals surface area contributed by atoms with Crippen molar-refractivity contribution in [3.8, 4) is 0 Å². The predicted molar refractivity (Wildman–Crippen MR) is 125 cm³/mol. The molecule has 178 valence electrons. The van der Waals surface area contributed by atoms with Gasteiger partial charge in [0.05, 0.1) is 5.39 Å². The van der Waals surface area contributed by atoms with Crippen LogP contribution >= 0.6 is 0 Å². The number of nitrogens with two attached hydrogens (primary N) is 2. The lowest BCUT2D eigenvalue weighted by Crippen LogP contribution is -2.41. The van der Waals surface area contributed by atoms with Crippen molar-refractivity contribution in [3.63, 3.8) is 0 Å². The predicted octanol–water partition coefficient (Wildman–Crippen LogP) is 1.47. The van der Waals surface area contributed by atoms with E-state index in [9.17, 15) is 19.5 Å². The highest BCUT2D eigenvalue weighted by atomic mass is 16.4. The summed E-state index contributed by atoms with van der Waals surface area (Å²) in [6.45, 7) is 4.18. The van der Waals surface area contributed by atoms with E-state index in [2.05, 4.69) is 25.6 Å². The molecule has 1 atom stereocenters. The molecular formula is C22H25N7O5. The maximum atomic E-state index is 12.4. The fourth-order valence-electron chi connectivity index (χ4n) is 3.53. The minimum absolute atomic E-state index is 0.0582. The topological polar surface area (TPSA) is 206 Å². The van der Waals surface area contributed by atoms with Gasteiger partial charge in [0.2, 0.25) is 5.95 Å². The summed E-state index contributed by atoms with van der Waals surface area (Å²) in [6.07, 6.45) is -0.579. The van der Waals surface area contributed by atoms with Gasteiger partial charge in [0.15, 0.2) is 5.65 Å². The van der Waals surface area contributed by atoms with Crippen LogP contribution in [0.3, 0.4) is 0 Å². The molecule has 2 heterocycles. The van der Waals surface area contributed by atoms with Crippen LogP contribution in [0.2, 0.25) is 0 Å². The highest BCUT2D eigenvalue weighted by Crippen LogP contribution is 2.26. The minimum atomic E-state index is -1.30. The normalized spacial score (nSPS) is 11.7. The monoisotopic (exact) mass is 467 g/mol. The minimum Gasteiger partial charge on any atom is -0.481 e. The third-order valence-corrected chi connectivity index (χ3v) is 5.34. The number of aromatic nitrogens is 3. The summed E-state index contributed by atoms with van der Waals surface area (Å²) in [6, 6.07) is 5.15. The molecule has 0 aliphatic heterocycles. The zero-order chi connectivity index (χ0) is 25.0. The SMILES string of the molecule is Cc1nc2nc(N)nc(N)c2c(C)c1CNc1ccc(C(=O)NC(CCC(=O)O)C(=O)O)cc1. The van der Waals surface area contributed by atoms with Crippen molar-refractivity contribution in [1.29, 1.82) is 0 Å². The summed E-state index contributed by atoms with van der Waals surface area (Å²) in [5.74, 6) is -2.72. The number of amides is 1. The summed E-state index contributed by atoms with van der Waals surface area (Å²) in [4.78, 5) is 47.0. The molecule has 0 fully saturated rings. The van der Waals surface area contributed by atoms with Crippen LogP contribution in [-0.2, 0) is 16.1 Å². The summed E-state index contributed by atoms with van der Waals surface area (Å²) >= 11 is 0. The highest BCUT2D eigenvalue weighted by molar-refractivity contribution is 5.97. The number of anilines is 3. The van der Waals surface area contributed by atoms with Gasteiger partial charge in [0, 0.05) is 29.9 Å². The number of carbonyl (C=O) groups excluding carboxylic acids is 1. The van der Waals surface area contributed by atoms with Gasteiger partial charge in [0.25, 0.3) is 5.91 Å². The van der Waals surface area contributed by atoms with Crippen LogP contribution < -0.4 is 22.1 Å². The lowest BCUT2D eigenvalue weighted by Gasteiger charge is -2.15. The Balaban J connectivity index is 1.70. The summed E-state index contributed by atoms with van der Waals surface area (Å²) < 4.78 is 0. The first-order valence-electron chi connectivity index (χ1n) is 10.3. The van der Waals surface area contributed by atoms with E-state index in [1.807, 2.05) is 13.8 Å². The largest absolute Gasteiger partial charge is 0.481 e. The third kappa shape index (κ3) is 5.46. The van der Waals surface area contributed by atoms with Crippen LogP contribution in [0.25, 0.3) is 11.0 Å². The second kappa shape index (κ2) is 9.98. The van der Waals surface area contributed by atoms with E-state index in [1.54, 1.807) is 24.3 Å². The number of aryl methyl sites for hydroxylation is 2. The van der Waals surface area contributed by atoms with Gasteiger partial charge in [-0.15, -0.1) is 0 Å². The average Bonchev–Trinajstić information content (AvgIpc) is 2.75.